The zero-order valence-corrected chi connectivity index (χ0v) is 14.3. The molecule has 120 valence electrons. The number of ether oxygens (including phenoxy) is 1. The van der Waals surface area contributed by atoms with Crippen molar-refractivity contribution in [3.63, 3.8) is 0 Å². The highest BCUT2D eigenvalue weighted by Crippen LogP contribution is 2.24. The van der Waals surface area contributed by atoms with Crippen LogP contribution >= 0.6 is 0 Å². The topological polar surface area (TPSA) is 67.4 Å². The summed E-state index contributed by atoms with van der Waals surface area (Å²) in [5.74, 6) is 0. The second-order valence-corrected chi connectivity index (χ2v) is 6.90. The lowest BCUT2D eigenvalue weighted by Crippen LogP contribution is -2.38. The Labute approximate surface area is 128 Å². The molecule has 21 heavy (non-hydrogen) atoms. The van der Waals surface area contributed by atoms with Crippen molar-refractivity contribution in [2.75, 3.05) is 26.1 Å². The monoisotopic (exact) mass is 314 g/mol. The van der Waals surface area contributed by atoms with Crippen molar-refractivity contribution in [3.8, 4) is 0 Å². The minimum atomic E-state index is -3.55. The Morgan fingerprint density at radius 2 is 1.81 bits per heavy atom. The minimum absolute atomic E-state index is 0.201. The normalized spacial score (nSPS) is 13.2. The molecule has 1 unspecified atom stereocenters. The van der Waals surface area contributed by atoms with Crippen molar-refractivity contribution < 1.29 is 13.2 Å². The number of benzene rings is 1. The molecule has 0 bridgehead atoms. The zero-order chi connectivity index (χ0) is 16.0. The molecule has 0 aliphatic heterocycles. The second kappa shape index (κ2) is 7.77. The fraction of sp³-hybridized carbons (Fsp3) is 0.600. The summed E-state index contributed by atoms with van der Waals surface area (Å²) < 4.78 is 33.1. The van der Waals surface area contributed by atoms with E-state index in [2.05, 4.69) is 10.0 Å². The first-order valence-electron chi connectivity index (χ1n) is 7.16. The quantitative estimate of drug-likeness (QED) is 0.773. The predicted molar refractivity (Wildman–Crippen MR) is 86.4 cm³/mol. The van der Waals surface area contributed by atoms with Crippen LogP contribution in [0.4, 0.5) is 5.69 Å². The number of hydrogen-bond donors (Lipinski definition) is 2. The minimum Gasteiger partial charge on any atom is -0.388 e. The van der Waals surface area contributed by atoms with Crippen LogP contribution in [0.25, 0.3) is 0 Å². The predicted octanol–water partition coefficient (Wildman–Crippen LogP) is 2.44. The Bertz CT molecular complexity index is 541. The molecule has 1 aromatic rings. The molecule has 1 atom stereocenters. The number of nitrogens with one attached hydrogen (secondary N) is 2. The Hall–Kier alpha value is -1.11. The molecular formula is C15H26N2O3S. The smallest absolute Gasteiger partial charge is 0.241 e. The van der Waals surface area contributed by atoms with E-state index in [9.17, 15) is 8.42 Å². The van der Waals surface area contributed by atoms with Crippen LogP contribution in [-0.4, -0.2) is 35.2 Å². The summed E-state index contributed by atoms with van der Waals surface area (Å²) in [6.45, 7) is 6.02. The molecule has 6 heteroatoms. The first-order chi connectivity index (χ1) is 9.85. The summed E-state index contributed by atoms with van der Waals surface area (Å²) in [5, 5.41) is 3.03. The van der Waals surface area contributed by atoms with Crippen molar-refractivity contribution in [3.05, 3.63) is 23.3 Å². The van der Waals surface area contributed by atoms with Crippen molar-refractivity contribution >= 4 is 15.7 Å². The Kier molecular flexibility index (Phi) is 6.64. The molecule has 0 aliphatic rings. The number of aryl methyl sites for hydroxylation is 2. The summed E-state index contributed by atoms with van der Waals surface area (Å²) >= 11 is 0. The number of rotatable bonds is 8. The van der Waals surface area contributed by atoms with E-state index in [1.165, 1.54) is 0 Å². The third-order valence-corrected chi connectivity index (χ3v) is 5.17. The van der Waals surface area contributed by atoms with Crippen LogP contribution < -0.4 is 10.0 Å². The van der Waals surface area contributed by atoms with E-state index in [1.54, 1.807) is 7.11 Å². The van der Waals surface area contributed by atoms with E-state index in [4.69, 9.17) is 4.74 Å². The van der Waals surface area contributed by atoms with Crippen LogP contribution in [0.15, 0.2) is 17.0 Å². The third kappa shape index (κ3) is 4.69. The van der Waals surface area contributed by atoms with E-state index in [0.29, 0.717) is 11.5 Å². The summed E-state index contributed by atoms with van der Waals surface area (Å²) in [7, 11) is -0.153. The highest BCUT2D eigenvalue weighted by molar-refractivity contribution is 7.89. The molecular weight excluding hydrogens is 288 g/mol. The maximum absolute atomic E-state index is 12.6. The number of anilines is 1. The molecule has 0 fully saturated rings. The maximum atomic E-state index is 12.6. The van der Waals surface area contributed by atoms with Gasteiger partial charge in [0.15, 0.2) is 0 Å². The van der Waals surface area contributed by atoms with Crippen LogP contribution in [0.1, 0.15) is 30.9 Å². The van der Waals surface area contributed by atoms with Crippen molar-refractivity contribution in [2.45, 2.75) is 44.6 Å². The summed E-state index contributed by atoms with van der Waals surface area (Å²) in [6.07, 6.45) is 1.65. The zero-order valence-electron chi connectivity index (χ0n) is 13.5. The van der Waals surface area contributed by atoms with Gasteiger partial charge in [0, 0.05) is 25.9 Å². The largest absolute Gasteiger partial charge is 0.388 e. The number of hydrogen-bond acceptors (Lipinski definition) is 4. The van der Waals surface area contributed by atoms with Gasteiger partial charge in [-0.05, 0) is 43.5 Å². The summed E-state index contributed by atoms with van der Waals surface area (Å²) in [6, 6.07) is 3.48. The van der Waals surface area contributed by atoms with Gasteiger partial charge >= 0.3 is 0 Å². The Morgan fingerprint density at radius 3 is 2.24 bits per heavy atom. The summed E-state index contributed by atoms with van der Waals surface area (Å²) in [5.41, 5.74) is 2.38. The standard InChI is InChI=1S/C15H26N2O3S/c1-6-7-13(10-20-5)17-21(18,19)15-11(2)8-14(16-4)9-12(15)3/h8-9,13,16-17H,6-7,10H2,1-5H3. The van der Waals surface area contributed by atoms with Gasteiger partial charge in [0.1, 0.15) is 0 Å². The molecule has 5 nitrogen and oxygen atoms in total. The van der Waals surface area contributed by atoms with Crippen molar-refractivity contribution in [2.24, 2.45) is 0 Å². The number of sulfonamides is 1. The fourth-order valence-electron chi connectivity index (χ4n) is 2.52. The molecule has 1 aromatic carbocycles. The lowest BCUT2D eigenvalue weighted by atomic mass is 10.1. The van der Waals surface area contributed by atoms with E-state index in [-0.39, 0.29) is 6.04 Å². The van der Waals surface area contributed by atoms with Gasteiger partial charge in [-0.1, -0.05) is 13.3 Å². The molecule has 0 spiro atoms. The van der Waals surface area contributed by atoms with E-state index in [0.717, 1.165) is 29.7 Å². The van der Waals surface area contributed by atoms with E-state index < -0.39 is 10.0 Å². The first-order valence-corrected chi connectivity index (χ1v) is 8.64. The third-order valence-electron chi connectivity index (χ3n) is 3.34. The highest BCUT2D eigenvalue weighted by atomic mass is 32.2. The molecule has 0 radical (unpaired) electrons. The van der Waals surface area contributed by atoms with Gasteiger partial charge in [0.25, 0.3) is 0 Å². The molecule has 0 amide bonds. The van der Waals surface area contributed by atoms with Gasteiger partial charge in [-0.15, -0.1) is 0 Å². The van der Waals surface area contributed by atoms with Crippen LogP contribution in [-0.2, 0) is 14.8 Å². The van der Waals surface area contributed by atoms with Gasteiger partial charge in [-0.2, -0.15) is 0 Å². The van der Waals surface area contributed by atoms with Gasteiger partial charge in [-0.3, -0.25) is 0 Å². The molecule has 0 heterocycles. The van der Waals surface area contributed by atoms with Crippen molar-refractivity contribution in [1.82, 2.24) is 4.72 Å². The van der Waals surface area contributed by atoms with Gasteiger partial charge in [0.2, 0.25) is 10.0 Å². The van der Waals surface area contributed by atoms with Crippen LogP contribution in [0, 0.1) is 13.8 Å². The van der Waals surface area contributed by atoms with E-state index in [1.807, 2.05) is 40.0 Å². The molecule has 0 aromatic heterocycles. The molecule has 2 N–H and O–H groups in total. The average molecular weight is 314 g/mol. The molecule has 0 aliphatic carbocycles. The average Bonchev–Trinajstić information content (AvgIpc) is 2.37. The SMILES string of the molecule is CCCC(COC)NS(=O)(=O)c1c(C)cc(NC)cc1C. The molecule has 0 saturated heterocycles. The molecule has 1 rings (SSSR count). The lowest BCUT2D eigenvalue weighted by molar-refractivity contribution is 0.171. The fourth-order valence-corrected chi connectivity index (χ4v) is 4.23. The van der Waals surface area contributed by atoms with Crippen LogP contribution in [0.5, 0.6) is 0 Å². The maximum Gasteiger partial charge on any atom is 0.241 e. The lowest BCUT2D eigenvalue weighted by Gasteiger charge is -2.20. The van der Waals surface area contributed by atoms with E-state index >= 15 is 0 Å². The Morgan fingerprint density at radius 1 is 1.24 bits per heavy atom. The van der Waals surface area contributed by atoms with Crippen LogP contribution in [0.2, 0.25) is 0 Å². The molecule has 0 saturated carbocycles. The van der Waals surface area contributed by atoms with Crippen LogP contribution in [0.3, 0.4) is 0 Å². The Balaban J connectivity index is 3.12. The summed E-state index contributed by atoms with van der Waals surface area (Å²) in [4.78, 5) is 0.360. The van der Waals surface area contributed by atoms with Crippen molar-refractivity contribution in [1.29, 1.82) is 0 Å². The van der Waals surface area contributed by atoms with Gasteiger partial charge in [-0.25, -0.2) is 13.1 Å². The first kappa shape index (κ1) is 17.9. The number of methoxy groups -OCH3 is 1. The second-order valence-electron chi connectivity index (χ2n) is 5.25. The van der Waals surface area contributed by atoms with Gasteiger partial charge < -0.3 is 10.1 Å². The highest BCUT2D eigenvalue weighted by Gasteiger charge is 2.23. The van der Waals surface area contributed by atoms with Gasteiger partial charge in [0.05, 0.1) is 11.5 Å².